The SMILES string of the molecule is CC(C)COc1cccc(O)c1-c1cc(C2CCNCC2)nc(N)n1. The minimum Gasteiger partial charge on any atom is -0.507 e. The third kappa shape index (κ3) is 4.20. The lowest BCUT2D eigenvalue weighted by Gasteiger charge is -2.23. The molecule has 0 spiro atoms. The van der Waals surface area contributed by atoms with Gasteiger partial charge in [-0.15, -0.1) is 0 Å². The molecule has 0 unspecified atom stereocenters. The van der Waals surface area contributed by atoms with Gasteiger partial charge in [0.15, 0.2) is 0 Å². The van der Waals surface area contributed by atoms with E-state index in [0.717, 1.165) is 31.6 Å². The molecule has 4 N–H and O–H groups in total. The Morgan fingerprint density at radius 1 is 1.28 bits per heavy atom. The van der Waals surface area contributed by atoms with Gasteiger partial charge in [0, 0.05) is 11.6 Å². The van der Waals surface area contributed by atoms with Crippen molar-refractivity contribution in [2.24, 2.45) is 5.92 Å². The number of rotatable bonds is 5. The lowest BCUT2D eigenvalue weighted by molar-refractivity contribution is 0.271. The van der Waals surface area contributed by atoms with Gasteiger partial charge in [0.05, 0.1) is 17.9 Å². The first kappa shape index (κ1) is 17.5. The number of ether oxygens (including phenoxy) is 1. The van der Waals surface area contributed by atoms with Crippen molar-refractivity contribution in [2.75, 3.05) is 25.4 Å². The largest absolute Gasteiger partial charge is 0.507 e. The highest BCUT2D eigenvalue weighted by molar-refractivity contribution is 5.74. The van der Waals surface area contributed by atoms with Gasteiger partial charge in [-0.3, -0.25) is 0 Å². The van der Waals surface area contributed by atoms with Crippen LogP contribution in [0.2, 0.25) is 0 Å². The summed E-state index contributed by atoms with van der Waals surface area (Å²) in [6.45, 7) is 6.69. The molecule has 1 aliphatic heterocycles. The van der Waals surface area contributed by atoms with Crippen LogP contribution in [0.1, 0.15) is 38.3 Å². The first-order valence-electron chi connectivity index (χ1n) is 8.85. The molecule has 1 aliphatic rings. The fraction of sp³-hybridized carbons (Fsp3) is 0.474. The van der Waals surface area contributed by atoms with Gasteiger partial charge in [-0.1, -0.05) is 19.9 Å². The number of nitrogens with one attached hydrogen (secondary N) is 1. The van der Waals surface area contributed by atoms with Crippen molar-refractivity contribution in [1.29, 1.82) is 0 Å². The molecule has 1 saturated heterocycles. The topological polar surface area (TPSA) is 93.3 Å². The number of aromatic nitrogens is 2. The van der Waals surface area contributed by atoms with E-state index in [-0.39, 0.29) is 11.7 Å². The molecule has 1 aromatic carbocycles. The number of benzene rings is 1. The molecule has 2 heterocycles. The minimum atomic E-state index is 0.135. The summed E-state index contributed by atoms with van der Waals surface area (Å²) in [4.78, 5) is 8.79. The molecule has 134 valence electrons. The fourth-order valence-electron chi connectivity index (χ4n) is 3.09. The molecule has 0 saturated carbocycles. The van der Waals surface area contributed by atoms with Crippen LogP contribution in [0.15, 0.2) is 24.3 Å². The van der Waals surface area contributed by atoms with Gasteiger partial charge in [-0.2, -0.15) is 0 Å². The molecule has 1 aromatic heterocycles. The second kappa shape index (κ2) is 7.70. The van der Waals surface area contributed by atoms with E-state index in [4.69, 9.17) is 10.5 Å². The monoisotopic (exact) mass is 342 g/mol. The molecule has 1 fully saturated rings. The van der Waals surface area contributed by atoms with Crippen LogP contribution < -0.4 is 15.8 Å². The fourth-order valence-corrected chi connectivity index (χ4v) is 3.09. The Labute approximate surface area is 148 Å². The van der Waals surface area contributed by atoms with Crippen molar-refractivity contribution in [1.82, 2.24) is 15.3 Å². The van der Waals surface area contributed by atoms with Crippen LogP contribution in [0.3, 0.4) is 0 Å². The van der Waals surface area contributed by atoms with Crippen LogP contribution in [-0.2, 0) is 0 Å². The third-order valence-corrected chi connectivity index (χ3v) is 4.35. The highest BCUT2D eigenvalue weighted by Gasteiger charge is 2.21. The van der Waals surface area contributed by atoms with Crippen molar-refractivity contribution in [3.63, 3.8) is 0 Å². The maximum Gasteiger partial charge on any atom is 0.220 e. The Bertz CT molecular complexity index is 727. The second-order valence-corrected chi connectivity index (χ2v) is 6.92. The summed E-state index contributed by atoms with van der Waals surface area (Å²) >= 11 is 0. The number of nitrogens with zero attached hydrogens (tertiary/aromatic N) is 2. The number of phenols is 1. The van der Waals surface area contributed by atoms with E-state index in [1.54, 1.807) is 12.1 Å². The van der Waals surface area contributed by atoms with Gasteiger partial charge in [-0.05, 0) is 50.0 Å². The highest BCUT2D eigenvalue weighted by atomic mass is 16.5. The van der Waals surface area contributed by atoms with Crippen molar-refractivity contribution >= 4 is 5.95 Å². The van der Waals surface area contributed by atoms with Gasteiger partial charge in [0.2, 0.25) is 5.95 Å². The van der Waals surface area contributed by atoms with E-state index in [2.05, 4.69) is 29.1 Å². The summed E-state index contributed by atoms with van der Waals surface area (Å²) in [7, 11) is 0. The zero-order valence-electron chi connectivity index (χ0n) is 14.8. The van der Waals surface area contributed by atoms with Gasteiger partial charge in [-0.25, -0.2) is 9.97 Å². The number of nitrogen functional groups attached to an aromatic ring is 1. The number of phenolic OH excluding ortho intramolecular Hbond substituents is 1. The Morgan fingerprint density at radius 3 is 2.76 bits per heavy atom. The molecule has 0 aliphatic carbocycles. The van der Waals surface area contributed by atoms with Crippen LogP contribution in [0.4, 0.5) is 5.95 Å². The average molecular weight is 342 g/mol. The average Bonchev–Trinajstić information content (AvgIpc) is 2.60. The van der Waals surface area contributed by atoms with Crippen molar-refractivity contribution in [2.45, 2.75) is 32.6 Å². The summed E-state index contributed by atoms with van der Waals surface area (Å²) in [6, 6.07) is 7.19. The first-order valence-corrected chi connectivity index (χ1v) is 8.85. The maximum atomic E-state index is 10.4. The van der Waals surface area contributed by atoms with Crippen LogP contribution in [0, 0.1) is 5.92 Å². The molecule has 6 heteroatoms. The summed E-state index contributed by atoms with van der Waals surface area (Å²) in [5.41, 5.74) is 8.08. The van der Waals surface area contributed by atoms with Gasteiger partial charge < -0.3 is 20.9 Å². The molecule has 2 aromatic rings. The number of hydrogen-bond acceptors (Lipinski definition) is 6. The molecule has 25 heavy (non-hydrogen) atoms. The smallest absolute Gasteiger partial charge is 0.220 e. The van der Waals surface area contributed by atoms with E-state index >= 15 is 0 Å². The quantitative estimate of drug-likeness (QED) is 0.773. The number of aromatic hydroxyl groups is 1. The van der Waals surface area contributed by atoms with Gasteiger partial charge in [0.1, 0.15) is 11.5 Å². The molecule has 0 bridgehead atoms. The maximum absolute atomic E-state index is 10.4. The van der Waals surface area contributed by atoms with E-state index in [1.165, 1.54) is 0 Å². The minimum absolute atomic E-state index is 0.135. The summed E-state index contributed by atoms with van der Waals surface area (Å²) in [5, 5.41) is 13.8. The molecular formula is C19H26N4O2. The zero-order chi connectivity index (χ0) is 17.8. The predicted octanol–water partition coefficient (Wildman–Crippen LogP) is 2.93. The van der Waals surface area contributed by atoms with Crippen molar-refractivity contribution in [3.8, 4) is 22.8 Å². The summed E-state index contributed by atoms with van der Waals surface area (Å²) in [6.07, 6.45) is 2.04. The predicted molar refractivity (Wildman–Crippen MR) is 98.7 cm³/mol. The second-order valence-electron chi connectivity index (χ2n) is 6.92. The van der Waals surface area contributed by atoms with E-state index in [9.17, 15) is 5.11 Å². The Morgan fingerprint density at radius 2 is 2.04 bits per heavy atom. The lowest BCUT2D eigenvalue weighted by Crippen LogP contribution is -2.27. The van der Waals surface area contributed by atoms with E-state index < -0.39 is 0 Å². The Balaban J connectivity index is 1.99. The lowest BCUT2D eigenvalue weighted by atomic mass is 9.93. The van der Waals surface area contributed by atoms with Gasteiger partial charge in [0.25, 0.3) is 0 Å². The molecular weight excluding hydrogens is 316 g/mol. The van der Waals surface area contributed by atoms with Crippen molar-refractivity contribution < 1.29 is 9.84 Å². The number of anilines is 1. The summed E-state index contributed by atoms with van der Waals surface area (Å²) in [5.74, 6) is 1.72. The Kier molecular flexibility index (Phi) is 5.38. The van der Waals surface area contributed by atoms with Crippen LogP contribution >= 0.6 is 0 Å². The highest BCUT2D eigenvalue weighted by Crippen LogP contribution is 2.38. The summed E-state index contributed by atoms with van der Waals surface area (Å²) < 4.78 is 5.89. The molecule has 3 rings (SSSR count). The van der Waals surface area contributed by atoms with Crippen LogP contribution in [-0.4, -0.2) is 34.8 Å². The van der Waals surface area contributed by atoms with Crippen LogP contribution in [0.25, 0.3) is 11.3 Å². The zero-order valence-corrected chi connectivity index (χ0v) is 14.8. The first-order chi connectivity index (χ1) is 12.0. The van der Waals surface area contributed by atoms with E-state index in [1.807, 2.05) is 12.1 Å². The standard InChI is InChI=1S/C19H26N4O2/c1-12(2)11-25-17-5-3-4-16(24)18(17)15-10-14(22-19(20)23-15)13-6-8-21-9-7-13/h3-5,10,12-13,21,24H,6-9,11H2,1-2H3,(H2,20,22,23). The van der Waals surface area contributed by atoms with Crippen LogP contribution in [0.5, 0.6) is 11.5 Å². The molecule has 0 radical (unpaired) electrons. The third-order valence-electron chi connectivity index (χ3n) is 4.35. The van der Waals surface area contributed by atoms with E-state index in [0.29, 0.717) is 35.4 Å². The molecule has 0 amide bonds. The number of nitrogens with two attached hydrogens (primary N) is 1. The molecule has 6 nitrogen and oxygen atoms in total. The normalized spacial score (nSPS) is 15.5. The van der Waals surface area contributed by atoms with Crippen molar-refractivity contribution in [3.05, 3.63) is 30.0 Å². The number of piperidine rings is 1. The van der Waals surface area contributed by atoms with Gasteiger partial charge >= 0.3 is 0 Å². The molecule has 0 atom stereocenters. The Hall–Kier alpha value is -2.34. The number of hydrogen-bond donors (Lipinski definition) is 3.